The maximum atomic E-state index is 4.66. The summed E-state index contributed by atoms with van der Waals surface area (Å²) in [7, 11) is 0. The molecular formula is C12H21N3. The number of hydrogen-bond acceptors (Lipinski definition) is 2. The van der Waals surface area contributed by atoms with Crippen LogP contribution in [0.5, 0.6) is 0 Å². The third-order valence-electron chi connectivity index (χ3n) is 2.91. The smallest absolute Gasteiger partial charge is 0.125 e. The number of aromatic nitrogens is 2. The van der Waals surface area contributed by atoms with Crippen LogP contribution in [0.3, 0.4) is 0 Å². The van der Waals surface area contributed by atoms with Crippen LogP contribution < -0.4 is 5.32 Å². The van der Waals surface area contributed by atoms with Crippen LogP contribution in [0.4, 0.5) is 5.82 Å². The van der Waals surface area contributed by atoms with E-state index in [0.29, 0.717) is 18.0 Å². The second-order valence-corrected chi connectivity index (χ2v) is 5.19. The molecule has 3 heteroatoms. The predicted molar refractivity (Wildman–Crippen MR) is 63.2 cm³/mol. The summed E-state index contributed by atoms with van der Waals surface area (Å²) in [5.74, 6) is 1.87. The maximum absolute atomic E-state index is 4.66. The average Bonchev–Trinajstić information content (AvgIpc) is 2.45. The van der Waals surface area contributed by atoms with Crippen molar-refractivity contribution in [2.24, 2.45) is 5.92 Å². The summed E-state index contributed by atoms with van der Waals surface area (Å²) in [6, 6.07) is 3.29. The summed E-state index contributed by atoms with van der Waals surface area (Å²) in [5, 5.41) is 8.14. The first-order valence-electron chi connectivity index (χ1n) is 5.91. The van der Waals surface area contributed by atoms with Crippen molar-refractivity contribution in [3.05, 3.63) is 11.8 Å². The number of rotatable bonds is 2. The minimum absolute atomic E-state index is 0.525. The average molecular weight is 207 g/mol. The minimum Gasteiger partial charge on any atom is -0.368 e. The van der Waals surface area contributed by atoms with E-state index in [1.165, 1.54) is 11.5 Å². The molecule has 0 fully saturated rings. The summed E-state index contributed by atoms with van der Waals surface area (Å²) in [4.78, 5) is 0. The van der Waals surface area contributed by atoms with E-state index in [1.807, 2.05) is 0 Å². The lowest BCUT2D eigenvalue weighted by molar-refractivity contribution is 0.410. The van der Waals surface area contributed by atoms with Crippen molar-refractivity contribution in [3.63, 3.8) is 0 Å². The summed E-state index contributed by atoms with van der Waals surface area (Å²) < 4.78 is 2.14. The lowest BCUT2D eigenvalue weighted by Gasteiger charge is -2.27. The fraction of sp³-hybridized carbons (Fsp3) is 0.750. The van der Waals surface area contributed by atoms with Gasteiger partial charge in [-0.2, -0.15) is 5.10 Å². The lowest BCUT2D eigenvalue weighted by atomic mass is 10.1. The van der Waals surface area contributed by atoms with Crippen LogP contribution in [-0.4, -0.2) is 15.8 Å². The first-order valence-corrected chi connectivity index (χ1v) is 5.91. The Morgan fingerprint density at radius 1 is 1.53 bits per heavy atom. The van der Waals surface area contributed by atoms with E-state index in [1.54, 1.807) is 0 Å². The normalized spacial score (nSPS) is 25.1. The SMILES string of the molecule is CC(C)Cc1cc2n(n1)C(C)CC(C)N2. The number of nitrogens with zero attached hydrogens (tertiary/aromatic N) is 2. The Hall–Kier alpha value is -0.990. The molecule has 1 aromatic heterocycles. The Kier molecular flexibility index (Phi) is 2.72. The fourth-order valence-corrected chi connectivity index (χ4v) is 2.33. The van der Waals surface area contributed by atoms with Gasteiger partial charge in [0, 0.05) is 12.1 Å². The van der Waals surface area contributed by atoms with E-state index in [4.69, 9.17) is 0 Å². The molecule has 1 aromatic rings. The van der Waals surface area contributed by atoms with Gasteiger partial charge in [-0.25, -0.2) is 4.68 Å². The summed E-state index contributed by atoms with van der Waals surface area (Å²) in [5.41, 5.74) is 1.22. The van der Waals surface area contributed by atoms with E-state index in [2.05, 4.69) is 48.9 Å². The van der Waals surface area contributed by atoms with Crippen LogP contribution in [-0.2, 0) is 6.42 Å². The van der Waals surface area contributed by atoms with E-state index in [0.717, 1.165) is 12.8 Å². The highest BCUT2D eigenvalue weighted by Crippen LogP contribution is 2.27. The van der Waals surface area contributed by atoms with Gasteiger partial charge in [0.05, 0.1) is 11.7 Å². The topological polar surface area (TPSA) is 29.9 Å². The van der Waals surface area contributed by atoms with Gasteiger partial charge < -0.3 is 5.32 Å². The Labute approximate surface area is 91.9 Å². The third-order valence-corrected chi connectivity index (χ3v) is 2.91. The van der Waals surface area contributed by atoms with Crippen molar-refractivity contribution in [1.29, 1.82) is 0 Å². The second kappa shape index (κ2) is 3.87. The van der Waals surface area contributed by atoms with E-state index >= 15 is 0 Å². The van der Waals surface area contributed by atoms with Crippen LogP contribution in [0.15, 0.2) is 6.07 Å². The van der Waals surface area contributed by atoms with Gasteiger partial charge in [-0.3, -0.25) is 0 Å². The molecule has 0 aliphatic carbocycles. The molecule has 3 nitrogen and oxygen atoms in total. The first-order chi connectivity index (χ1) is 7.06. The van der Waals surface area contributed by atoms with Crippen molar-refractivity contribution in [1.82, 2.24) is 9.78 Å². The van der Waals surface area contributed by atoms with Gasteiger partial charge in [-0.15, -0.1) is 0 Å². The van der Waals surface area contributed by atoms with Crippen LogP contribution in [0, 0.1) is 5.92 Å². The molecule has 2 atom stereocenters. The molecule has 0 aromatic carbocycles. The number of anilines is 1. The Morgan fingerprint density at radius 3 is 2.93 bits per heavy atom. The van der Waals surface area contributed by atoms with Gasteiger partial charge in [-0.05, 0) is 32.6 Å². The molecule has 1 N–H and O–H groups in total. The zero-order valence-corrected chi connectivity index (χ0v) is 10.1. The maximum Gasteiger partial charge on any atom is 0.125 e. The molecule has 2 heterocycles. The van der Waals surface area contributed by atoms with E-state index in [-0.39, 0.29) is 0 Å². The molecule has 0 radical (unpaired) electrons. The van der Waals surface area contributed by atoms with E-state index in [9.17, 15) is 0 Å². The van der Waals surface area contributed by atoms with Crippen LogP contribution in [0.1, 0.15) is 45.9 Å². The van der Waals surface area contributed by atoms with Crippen LogP contribution in [0.25, 0.3) is 0 Å². The molecule has 2 rings (SSSR count). The van der Waals surface area contributed by atoms with Gasteiger partial charge in [0.25, 0.3) is 0 Å². The Balaban J connectivity index is 2.23. The van der Waals surface area contributed by atoms with Crippen molar-refractivity contribution in [2.45, 2.75) is 52.6 Å². The quantitative estimate of drug-likeness (QED) is 0.808. The summed E-state index contributed by atoms with van der Waals surface area (Å²) in [6.07, 6.45) is 2.23. The summed E-state index contributed by atoms with van der Waals surface area (Å²) in [6.45, 7) is 8.94. The lowest BCUT2D eigenvalue weighted by Crippen LogP contribution is -2.28. The van der Waals surface area contributed by atoms with Gasteiger partial charge >= 0.3 is 0 Å². The molecular weight excluding hydrogens is 186 g/mol. The second-order valence-electron chi connectivity index (χ2n) is 5.19. The Morgan fingerprint density at radius 2 is 2.27 bits per heavy atom. The first kappa shape index (κ1) is 10.5. The fourth-order valence-electron chi connectivity index (χ4n) is 2.33. The molecule has 2 unspecified atom stereocenters. The number of fused-ring (bicyclic) bond motifs is 1. The monoisotopic (exact) mass is 207 g/mol. The minimum atomic E-state index is 0.525. The van der Waals surface area contributed by atoms with Gasteiger partial charge in [-0.1, -0.05) is 13.8 Å². The molecule has 1 aliphatic rings. The number of hydrogen-bond donors (Lipinski definition) is 1. The molecule has 0 saturated heterocycles. The number of nitrogens with one attached hydrogen (secondary N) is 1. The van der Waals surface area contributed by atoms with Gasteiger partial charge in [0.1, 0.15) is 5.82 Å². The Bertz CT molecular complexity index is 341. The molecule has 1 aliphatic heterocycles. The van der Waals surface area contributed by atoms with Crippen LogP contribution >= 0.6 is 0 Å². The molecule has 0 bridgehead atoms. The zero-order valence-electron chi connectivity index (χ0n) is 10.1. The molecule has 0 spiro atoms. The van der Waals surface area contributed by atoms with Crippen molar-refractivity contribution in [2.75, 3.05) is 5.32 Å². The largest absolute Gasteiger partial charge is 0.368 e. The third kappa shape index (κ3) is 2.16. The predicted octanol–water partition coefficient (Wildman–Crippen LogP) is 2.85. The van der Waals surface area contributed by atoms with E-state index < -0.39 is 0 Å². The molecule has 15 heavy (non-hydrogen) atoms. The van der Waals surface area contributed by atoms with Gasteiger partial charge in [0.15, 0.2) is 0 Å². The molecule has 0 saturated carbocycles. The standard InChI is InChI=1S/C12H21N3/c1-8(2)5-11-7-12-13-9(3)6-10(4)15(12)14-11/h7-10,13H,5-6H2,1-4H3. The van der Waals surface area contributed by atoms with Gasteiger partial charge in [0.2, 0.25) is 0 Å². The van der Waals surface area contributed by atoms with Crippen molar-refractivity contribution >= 4 is 5.82 Å². The highest BCUT2D eigenvalue weighted by Gasteiger charge is 2.22. The highest BCUT2D eigenvalue weighted by molar-refractivity contribution is 5.40. The zero-order chi connectivity index (χ0) is 11.0. The van der Waals surface area contributed by atoms with Crippen LogP contribution in [0.2, 0.25) is 0 Å². The van der Waals surface area contributed by atoms with Crippen molar-refractivity contribution in [3.8, 4) is 0 Å². The highest BCUT2D eigenvalue weighted by atomic mass is 15.4. The molecule has 0 amide bonds. The van der Waals surface area contributed by atoms with Crippen molar-refractivity contribution < 1.29 is 0 Å². The summed E-state index contributed by atoms with van der Waals surface area (Å²) >= 11 is 0. The molecule has 84 valence electrons.